The van der Waals surface area contributed by atoms with Gasteiger partial charge in [-0.15, -0.1) is 0 Å². The normalized spacial score (nSPS) is 16.1. The van der Waals surface area contributed by atoms with E-state index in [4.69, 9.17) is 14.5 Å². The zero-order valence-electron chi connectivity index (χ0n) is 17.6. The number of rotatable bonds is 8. The Kier molecular flexibility index (Phi) is 8.23. The molecular formula is C21H36N4O2. The smallest absolute Gasteiger partial charge is 0.191 e. The van der Waals surface area contributed by atoms with Gasteiger partial charge >= 0.3 is 0 Å². The van der Waals surface area contributed by atoms with Crippen LogP contribution in [0.25, 0.3) is 0 Å². The number of aliphatic imine (C=N–C) groups is 1. The van der Waals surface area contributed by atoms with Gasteiger partial charge in [-0.1, -0.05) is 6.42 Å². The number of hydrogen-bond acceptors (Lipinski definition) is 4. The van der Waals surface area contributed by atoms with Gasteiger partial charge in [-0.2, -0.15) is 0 Å². The van der Waals surface area contributed by atoms with E-state index in [9.17, 15) is 0 Å². The summed E-state index contributed by atoms with van der Waals surface area (Å²) in [4.78, 5) is 7.33. The van der Waals surface area contributed by atoms with Crippen molar-refractivity contribution in [2.45, 2.75) is 52.1 Å². The zero-order chi connectivity index (χ0) is 19.7. The number of piperidine rings is 1. The molecule has 2 N–H and O–H groups in total. The third kappa shape index (κ3) is 6.31. The summed E-state index contributed by atoms with van der Waals surface area (Å²) in [6, 6.07) is 5.83. The molecule has 1 aliphatic rings. The van der Waals surface area contributed by atoms with Gasteiger partial charge in [-0.3, -0.25) is 4.90 Å². The van der Waals surface area contributed by atoms with Crippen molar-refractivity contribution in [1.82, 2.24) is 15.5 Å². The Morgan fingerprint density at radius 2 is 1.85 bits per heavy atom. The van der Waals surface area contributed by atoms with Crippen molar-refractivity contribution >= 4 is 5.96 Å². The van der Waals surface area contributed by atoms with Gasteiger partial charge in [0.25, 0.3) is 0 Å². The number of likely N-dealkylation sites (tertiary alicyclic amines) is 1. The quantitative estimate of drug-likeness (QED) is 0.539. The van der Waals surface area contributed by atoms with Crippen LogP contribution in [0.15, 0.2) is 23.2 Å². The van der Waals surface area contributed by atoms with Crippen LogP contribution in [-0.4, -0.2) is 56.8 Å². The van der Waals surface area contributed by atoms with Crippen LogP contribution >= 0.6 is 0 Å². The van der Waals surface area contributed by atoms with Gasteiger partial charge in [0.05, 0.1) is 20.8 Å². The third-order valence-corrected chi connectivity index (χ3v) is 5.15. The molecule has 0 bridgehead atoms. The average Bonchev–Trinajstić information content (AvgIpc) is 2.70. The maximum Gasteiger partial charge on any atom is 0.191 e. The molecule has 6 heteroatoms. The number of guanidine groups is 1. The number of methoxy groups -OCH3 is 2. The predicted octanol–water partition coefficient (Wildman–Crippen LogP) is 3.02. The standard InChI is InChI=1S/C21H36N4O2/c1-6-22-20(24-16-21(2,3)25-12-8-7-9-13-25)23-15-17-10-11-18(26-4)14-19(17)27-5/h10-11,14H,6-9,12-13,15-16H2,1-5H3,(H2,22,23,24). The van der Waals surface area contributed by atoms with Crippen molar-refractivity contribution < 1.29 is 9.47 Å². The molecule has 0 aromatic heterocycles. The SMILES string of the molecule is CCNC(=NCc1ccc(OC)cc1OC)NCC(C)(C)N1CCCCC1. The summed E-state index contributed by atoms with van der Waals surface area (Å²) in [7, 11) is 3.33. The van der Waals surface area contributed by atoms with Gasteiger partial charge in [0.1, 0.15) is 11.5 Å². The molecule has 1 saturated heterocycles. The van der Waals surface area contributed by atoms with Gasteiger partial charge in [0.15, 0.2) is 5.96 Å². The lowest BCUT2D eigenvalue weighted by atomic mass is 9.98. The van der Waals surface area contributed by atoms with Crippen molar-refractivity contribution in [3.05, 3.63) is 23.8 Å². The molecule has 0 radical (unpaired) electrons. The highest BCUT2D eigenvalue weighted by molar-refractivity contribution is 5.79. The van der Waals surface area contributed by atoms with Crippen LogP contribution in [0.5, 0.6) is 11.5 Å². The molecule has 1 aliphatic heterocycles. The Balaban J connectivity index is 2.01. The summed E-state index contributed by atoms with van der Waals surface area (Å²) in [6.07, 6.45) is 3.96. The van der Waals surface area contributed by atoms with Crippen LogP contribution in [0.4, 0.5) is 0 Å². The second-order valence-corrected chi connectivity index (χ2v) is 7.59. The molecule has 0 aliphatic carbocycles. The van der Waals surface area contributed by atoms with Crippen molar-refractivity contribution in [2.75, 3.05) is 40.4 Å². The van der Waals surface area contributed by atoms with Gasteiger partial charge < -0.3 is 20.1 Å². The van der Waals surface area contributed by atoms with E-state index >= 15 is 0 Å². The number of benzene rings is 1. The maximum atomic E-state index is 5.48. The Hall–Kier alpha value is -1.95. The fraction of sp³-hybridized carbons (Fsp3) is 0.667. The van der Waals surface area contributed by atoms with E-state index in [1.54, 1.807) is 14.2 Å². The van der Waals surface area contributed by atoms with Crippen LogP contribution in [-0.2, 0) is 6.54 Å². The number of ether oxygens (including phenoxy) is 2. The van der Waals surface area contributed by atoms with Crippen molar-refractivity contribution in [2.24, 2.45) is 4.99 Å². The molecule has 27 heavy (non-hydrogen) atoms. The summed E-state index contributed by atoms with van der Waals surface area (Å²) >= 11 is 0. The summed E-state index contributed by atoms with van der Waals surface area (Å²) in [5.41, 5.74) is 1.14. The highest BCUT2D eigenvalue weighted by atomic mass is 16.5. The molecule has 0 saturated carbocycles. The van der Waals surface area contributed by atoms with Gasteiger partial charge in [-0.05, 0) is 58.8 Å². The van der Waals surface area contributed by atoms with Gasteiger partial charge in [0.2, 0.25) is 0 Å². The Bertz CT molecular complexity index is 610. The van der Waals surface area contributed by atoms with E-state index in [0.29, 0.717) is 6.54 Å². The maximum absolute atomic E-state index is 5.48. The molecule has 1 aromatic rings. The zero-order valence-corrected chi connectivity index (χ0v) is 17.6. The minimum Gasteiger partial charge on any atom is -0.497 e. The van der Waals surface area contributed by atoms with Crippen molar-refractivity contribution in [3.63, 3.8) is 0 Å². The third-order valence-electron chi connectivity index (χ3n) is 5.15. The average molecular weight is 377 g/mol. The molecular weight excluding hydrogens is 340 g/mol. The monoisotopic (exact) mass is 376 g/mol. The molecule has 0 unspecified atom stereocenters. The lowest BCUT2D eigenvalue weighted by Gasteiger charge is -2.41. The van der Waals surface area contributed by atoms with E-state index < -0.39 is 0 Å². The fourth-order valence-electron chi connectivity index (χ4n) is 3.40. The highest BCUT2D eigenvalue weighted by Gasteiger charge is 2.27. The first-order chi connectivity index (χ1) is 13.0. The Morgan fingerprint density at radius 3 is 2.48 bits per heavy atom. The second kappa shape index (κ2) is 10.4. The van der Waals surface area contributed by atoms with E-state index in [-0.39, 0.29) is 5.54 Å². The summed E-state index contributed by atoms with van der Waals surface area (Å²) in [5.74, 6) is 2.41. The topological polar surface area (TPSA) is 58.1 Å². The first-order valence-electron chi connectivity index (χ1n) is 9.98. The van der Waals surface area contributed by atoms with Crippen LogP contribution in [0.3, 0.4) is 0 Å². The molecule has 1 fully saturated rings. The molecule has 0 spiro atoms. The molecule has 1 aromatic carbocycles. The largest absolute Gasteiger partial charge is 0.497 e. The molecule has 2 rings (SSSR count). The van der Waals surface area contributed by atoms with E-state index in [0.717, 1.165) is 36.1 Å². The van der Waals surface area contributed by atoms with E-state index in [1.807, 2.05) is 18.2 Å². The number of hydrogen-bond donors (Lipinski definition) is 2. The second-order valence-electron chi connectivity index (χ2n) is 7.59. The first-order valence-corrected chi connectivity index (χ1v) is 9.98. The van der Waals surface area contributed by atoms with Gasteiger partial charge in [-0.25, -0.2) is 4.99 Å². The minimum atomic E-state index is 0.106. The molecule has 0 atom stereocenters. The molecule has 0 amide bonds. The Morgan fingerprint density at radius 1 is 1.11 bits per heavy atom. The lowest BCUT2D eigenvalue weighted by molar-refractivity contribution is 0.0982. The predicted molar refractivity (Wildman–Crippen MR) is 112 cm³/mol. The highest BCUT2D eigenvalue weighted by Crippen LogP contribution is 2.25. The van der Waals surface area contributed by atoms with Crippen molar-refractivity contribution in [3.8, 4) is 11.5 Å². The summed E-state index contributed by atoms with van der Waals surface area (Å²) < 4.78 is 10.7. The van der Waals surface area contributed by atoms with E-state index in [1.165, 1.54) is 32.4 Å². The van der Waals surface area contributed by atoms with Crippen LogP contribution < -0.4 is 20.1 Å². The van der Waals surface area contributed by atoms with Gasteiger partial charge in [0, 0.05) is 30.3 Å². The summed E-state index contributed by atoms with van der Waals surface area (Å²) in [5, 5.41) is 6.86. The van der Waals surface area contributed by atoms with Crippen LogP contribution in [0, 0.1) is 0 Å². The number of nitrogens with one attached hydrogen (secondary N) is 2. The lowest BCUT2D eigenvalue weighted by Crippen LogP contribution is -2.54. The van der Waals surface area contributed by atoms with E-state index in [2.05, 4.69) is 36.3 Å². The first kappa shape index (κ1) is 21.4. The van der Waals surface area contributed by atoms with Crippen LogP contribution in [0.1, 0.15) is 45.6 Å². The summed E-state index contributed by atoms with van der Waals surface area (Å²) in [6.45, 7) is 11.3. The fourth-order valence-corrected chi connectivity index (χ4v) is 3.40. The molecule has 1 heterocycles. The Labute approximate surface area is 164 Å². The molecule has 152 valence electrons. The van der Waals surface area contributed by atoms with Crippen LogP contribution in [0.2, 0.25) is 0 Å². The van der Waals surface area contributed by atoms with Crippen molar-refractivity contribution in [1.29, 1.82) is 0 Å². The minimum absolute atomic E-state index is 0.106. The molecule has 6 nitrogen and oxygen atoms in total. The number of nitrogens with zero attached hydrogens (tertiary/aromatic N) is 2.